The summed E-state index contributed by atoms with van der Waals surface area (Å²) < 4.78 is 0. The van der Waals surface area contributed by atoms with Gasteiger partial charge >= 0.3 is 0 Å². The van der Waals surface area contributed by atoms with E-state index in [2.05, 4.69) is 61.9 Å². The lowest BCUT2D eigenvalue weighted by Crippen LogP contribution is -2.06. The maximum Gasteiger partial charge on any atom is 0.269 e. The van der Waals surface area contributed by atoms with Gasteiger partial charge in [0.1, 0.15) is 0 Å². The van der Waals surface area contributed by atoms with Crippen LogP contribution in [0.4, 0.5) is 17.1 Å². The molecule has 2 aromatic heterocycles. The van der Waals surface area contributed by atoms with E-state index in [1.165, 1.54) is 0 Å². The lowest BCUT2D eigenvalue weighted by atomic mass is 9.82. The molecule has 2 heterocycles. The molecule has 0 aliphatic rings. The zero-order chi connectivity index (χ0) is 29.6. The first kappa shape index (κ1) is 28.2. The number of nitrogens with zero attached hydrogens (tertiary/aromatic N) is 5. The molecule has 0 saturated carbocycles. The zero-order valence-electron chi connectivity index (χ0n) is 24.0. The molecule has 0 atom stereocenters. The fourth-order valence-corrected chi connectivity index (χ4v) is 5.25. The first-order valence-corrected chi connectivity index (χ1v) is 13.7. The number of nitro groups is 1. The SMILES string of the molecule is Cc1cc(C(c2ccc([N+](=O)[O-])cc2)c2cc(C)c(N=Cc3ccccn3)c(C)c2)cc(C)c1N=Cc1ccccn1. The number of aryl methyl sites for hydroxylation is 4. The lowest BCUT2D eigenvalue weighted by molar-refractivity contribution is -0.384. The molecule has 0 bridgehead atoms. The van der Waals surface area contributed by atoms with Gasteiger partial charge in [-0.1, -0.05) is 48.5 Å². The zero-order valence-corrected chi connectivity index (χ0v) is 24.0. The Balaban J connectivity index is 1.58. The molecule has 7 nitrogen and oxygen atoms in total. The van der Waals surface area contributed by atoms with Crippen molar-refractivity contribution in [3.63, 3.8) is 0 Å². The van der Waals surface area contributed by atoms with Crippen LogP contribution in [0.15, 0.2) is 107 Å². The maximum atomic E-state index is 11.4. The number of hydrogen-bond acceptors (Lipinski definition) is 6. The van der Waals surface area contributed by atoms with Crippen molar-refractivity contribution in [1.82, 2.24) is 9.97 Å². The van der Waals surface area contributed by atoms with Crippen molar-refractivity contribution in [3.05, 3.63) is 158 Å². The van der Waals surface area contributed by atoms with E-state index in [9.17, 15) is 10.1 Å². The van der Waals surface area contributed by atoms with Gasteiger partial charge < -0.3 is 0 Å². The van der Waals surface area contributed by atoms with Gasteiger partial charge in [-0.15, -0.1) is 0 Å². The summed E-state index contributed by atoms with van der Waals surface area (Å²) in [5.74, 6) is -0.150. The van der Waals surface area contributed by atoms with Gasteiger partial charge in [-0.25, -0.2) is 0 Å². The summed E-state index contributed by atoms with van der Waals surface area (Å²) in [6.45, 7) is 8.22. The topological polar surface area (TPSA) is 93.6 Å². The van der Waals surface area contributed by atoms with Crippen LogP contribution in [-0.4, -0.2) is 27.3 Å². The number of aromatic nitrogens is 2. The largest absolute Gasteiger partial charge is 0.269 e. The molecule has 0 aliphatic heterocycles. The Labute approximate surface area is 245 Å². The number of non-ortho nitro benzene ring substituents is 1. The highest BCUT2D eigenvalue weighted by atomic mass is 16.6. The Hall–Kier alpha value is -5.30. The standard InChI is InChI=1S/C35H31N5O2/c1-23-17-28(18-24(2)34(23)38-21-30-9-5-7-15-36-30)33(27-11-13-32(14-12-27)40(41)42)29-19-25(3)35(26(4)20-29)39-22-31-10-6-8-16-37-31/h5-22,33H,1-4H3. The molecule has 0 spiro atoms. The van der Waals surface area contributed by atoms with Crippen molar-refractivity contribution in [1.29, 1.82) is 0 Å². The summed E-state index contributed by atoms with van der Waals surface area (Å²) in [5.41, 5.74) is 10.7. The number of benzene rings is 3. The third kappa shape index (κ3) is 6.36. The Morgan fingerprint density at radius 1 is 0.643 bits per heavy atom. The van der Waals surface area contributed by atoms with E-state index in [-0.39, 0.29) is 16.5 Å². The molecular formula is C35H31N5O2. The van der Waals surface area contributed by atoms with Crippen LogP contribution in [0.25, 0.3) is 0 Å². The Kier molecular flexibility index (Phi) is 8.39. The minimum Gasteiger partial charge on any atom is -0.258 e. The molecule has 0 amide bonds. The van der Waals surface area contributed by atoms with Crippen molar-refractivity contribution >= 4 is 29.5 Å². The second kappa shape index (κ2) is 12.5. The van der Waals surface area contributed by atoms with Crippen LogP contribution in [0.3, 0.4) is 0 Å². The van der Waals surface area contributed by atoms with Gasteiger partial charge in [0.2, 0.25) is 0 Å². The van der Waals surface area contributed by atoms with Crippen LogP contribution in [0, 0.1) is 37.8 Å². The van der Waals surface area contributed by atoms with E-state index >= 15 is 0 Å². The molecular weight excluding hydrogens is 522 g/mol. The van der Waals surface area contributed by atoms with Crippen LogP contribution in [0.2, 0.25) is 0 Å². The molecule has 5 aromatic rings. The van der Waals surface area contributed by atoms with E-state index in [0.29, 0.717) is 0 Å². The van der Waals surface area contributed by atoms with Gasteiger partial charge in [0.15, 0.2) is 0 Å². The van der Waals surface area contributed by atoms with Crippen molar-refractivity contribution < 1.29 is 4.92 Å². The summed E-state index contributed by atoms with van der Waals surface area (Å²) in [5, 5.41) is 11.4. The van der Waals surface area contributed by atoms with Crippen molar-refractivity contribution in [3.8, 4) is 0 Å². The maximum absolute atomic E-state index is 11.4. The van der Waals surface area contributed by atoms with Crippen molar-refractivity contribution in [2.45, 2.75) is 33.6 Å². The minimum atomic E-state index is -0.371. The van der Waals surface area contributed by atoms with E-state index in [4.69, 9.17) is 9.98 Å². The average Bonchev–Trinajstić information content (AvgIpc) is 2.98. The summed E-state index contributed by atoms with van der Waals surface area (Å²) in [4.78, 5) is 29.2. The van der Waals surface area contributed by atoms with Gasteiger partial charge in [-0.3, -0.25) is 30.1 Å². The number of pyridine rings is 2. The molecule has 42 heavy (non-hydrogen) atoms. The Morgan fingerprint density at radius 3 is 1.43 bits per heavy atom. The van der Waals surface area contributed by atoms with Gasteiger partial charge in [-0.05, 0) is 90.9 Å². The second-order valence-corrected chi connectivity index (χ2v) is 10.3. The Bertz CT molecular complexity index is 1630. The third-order valence-electron chi connectivity index (χ3n) is 7.16. The Morgan fingerprint density at radius 2 is 1.07 bits per heavy atom. The molecule has 0 saturated heterocycles. The fraction of sp³-hybridized carbons (Fsp3) is 0.143. The molecule has 0 radical (unpaired) electrons. The molecule has 7 heteroatoms. The molecule has 208 valence electrons. The van der Waals surface area contributed by atoms with E-state index in [1.807, 2.05) is 48.5 Å². The quantitative estimate of drug-likeness (QED) is 0.0836. The predicted molar refractivity (Wildman–Crippen MR) is 169 cm³/mol. The molecule has 0 aliphatic carbocycles. The first-order valence-electron chi connectivity index (χ1n) is 13.7. The molecule has 0 unspecified atom stereocenters. The van der Waals surface area contributed by atoms with Crippen LogP contribution < -0.4 is 0 Å². The highest BCUT2D eigenvalue weighted by Crippen LogP contribution is 2.39. The predicted octanol–water partition coefficient (Wildman–Crippen LogP) is 8.30. The molecule has 5 rings (SSSR count). The van der Waals surface area contributed by atoms with Crippen LogP contribution in [-0.2, 0) is 0 Å². The second-order valence-electron chi connectivity index (χ2n) is 10.3. The fourth-order valence-electron chi connectivity index (χ4n) is 5.25. The van der Waals surface area contributed by atoms with Gasteiger partial charge in [0.25, 0.3) is 5.69 Å². The number of aliphatic imine (C=N–C) groups is 2. The smallest absolute Gasteiger partial charge is 0.258 e. The molecule has 3 aromatic carbocycles. The summed E-state index contributed by atoms with van der Waals surface area (Å²) >= 11 is 0. The highest BCUT2D eigenvalue weighted by Gasteiger charge is 2.21. The van der Waals surface area contributed by atoms with E-state index in [1.54, 1.807) is 37.0 Å². The normalized spacial score (nSPS) is 12.2. The average molecular weight is 554 g/mol. The molecule has 0 fully saturated rings. The van der Waals surface area contributed by atoms with Crippen molar-refractivity contribution in [2.24, 2.45) is 9.98 Å². The minimum absolute atomic E-state index is 0.0654. The highest BCUT2D eigenvalue weighted by molar-refractivity contribution is 5.81. The van der Waals surface area contributed by atoms with Crippen LogP contribution in [0.1, 0.15) is 56.2 Å². The number of hydrogen-bond donors (Lipinski definition) is 0. The summed E-state index contributed by atoms with van der Waals surface area (Å²) in [7, 11) is 0. The monoisotopic (exact) mass is 553 g/mol. The number of nitro benzene ring substituents is 1. The third-order valence-corrected chi connectivity index (χ3v) is 7.16. The van der Waals surface area contributed by atoms with Gasteiger partial charge in [-0.2, -0.15) is 0 Å². The summed E-state index contributed by atoms with van der Waals surface area (Å²) in [6, 6.07) is 26.9. The van der Waals surface area contributed by atoms with E-state index < -0.39 is 0 Å². The van der Waals surface area contributed by atoms with Crippen molar-refractivity contribution in [2.75, 3.05) is 0 Å². The lowest BCUT2D eigenvalue weighted by Gasteiger charge is -2.22. The van der Waals surface area contributed by atoms with Gasteiger partial charge in [0.05, 0.1) is 40.1 Å². The summed E-state index contributed by atoms with van der Waals surface area (Å²) in [6.07, 6.45) is 7.05. The van der Waals surface area contributed by atoms with Crippen LogP contribution >= 0.6 is 0 Å². The van der Waals surface area contributed by atoms with Crippen LogP contribution in [0.5, 0.6) is 0 Å². The number of rotatable bonds is 8. The van der Waals surface area contributed by atoms with Gasteiger partial charge in [0, 0.05) is 30.4 Å². The molecule has 0 N–H and O–H groups in total. The van der Waals surface area contributed by atoms with E-state index in [0.717, 1.165) is 61.7 Å². The first-order chi connectivity index (χ1) is 20.3.